The molecule has 0 amide bonds. The number of rotatable bonds is 3. The minimum Gasteiger partial charge on any atom is -0.507 e. The van der Waals surface area contributed by atoms with Gasteiger partial charge in [-0.05, 0) is 35.2 Å². The van der Waals surface area contributed by atoms with Gasteiger partial charge in [0.25, 0.3) is 0 Å². The first-order valence-electron chi connectivity index (χ1n) is 6.74. The van der Waals surface area contributed by atoms with Crippen LogP contribution in [0.4, 0.5) is 0 Å². The number of hydrogen-bond acceptors (Lipinski definition) is 3. The molecule has 0 saturated heterocycles. The molecular formula is C18H14O4. The molecule has 3 rings (SSSR count). The molecule has 0 radical (unpaired) electrons. The highest BCUT2D eigenvalue weighted by Gasteiger charge is 2.18. The molecule has 0 spiro atoms. The molecule has 0 aromatic heterocycles. The number of fused-ring (bicyclic) bond motifs is 1. The second kappa shape index (κ2) is 5.41. The first-order chi connectivity index (χ1) is 10.6. The van der Waals surface area contributed by atoms with Crippen LogP contribution < -0.4 is 4.74 Å². The number of phenolic OH excluding ortho intramolecular Hbond substituents is 1. The molecule has 4 nitrogen and oxygen atoms in total. The molecule has 0 aliphatic rings. The van der Waals surface area contributed by atoms with E-state index in [9.17, 15) is 15.0 Å². The molecule has 0 unspecified atom stereocenters. The fourth-order valence-corrected chi connectivity index (χ4v) is 2.60. The van der Waals surface area contributed by atoms with E-state index in [1.54, 1.807) is 25.3 Å². The Morgan fingerprint density at radius 3 is 2.36 bits per heavy atom. The molecule has 2 N–H and O–H groups in total. The number of benzene rings is 3. The Kier molecular flexibility index (Phi) is 3.43. The summed E-state index contributed by atoms with van der Waals surface area (Å²) < 4.78 is 5.22. The maximum atomic E-state index is 11.6. The van der Waals surface area contributed by atoms with E-state index in [0.29, 0.717) is 22.1 Å². The van der Waals surface area contributed by atoms with E-state index in [1.807, 2.05) is 30.3 Å². The van der Waals surface area contributed by atoms with Crippen LogP contribution in [0, 0.1) is 0 Å². The summed E-state index contributed by atoms with van der Waals surface area (Å²) in [6.45, 7) is 0. The van der Waals surface area contributed by atoms with E-state index < -0.39 is 5.97 Å². The van der Waals surface area contributed by atoms with Crippen molar-refractivity contribution in [3.63, 3.8) is 0 Å². The number of phenols is 1. The Morgan fingerprint density at radius 2 is 1.73 bits per heavy atom. The van der Waals surface area contributed by atoms with Gasteiger partial charge < -0.3 is 14.9 Å². The smallest absolute Gasteiger partial charge is 0.336 e. The van der Waals surface area contributed by atoms with Crippen molar-refractivity contribution in [1.82, 2.24) is 0 Å². The first-order valence-corrected chi connectivity index (χ1v) is 6.74. The van der Waals surface area contributed by atoms with Crippen LogP contribution in [0.1, 0.15) is 10.4 Å². The van der Waals surface area contributed by atoms with Crippen LogP contribution in [-0.4, -0.2) is 23.3 Å². The third-order valence-corrected chi connectivity index (χ3v) is 3.62. The molecule has 0 aliphatic heterocycles. The summed E-state index contributed by atoms with van der Waals surface area (Å²) in [7, 11) is 1.55. The van der Waals surface area contributed by atoms with Crippen LogP contribution in [0.25, 0.3) is 21.9 Å². The van der Waals surface area contributed by atoms with Gasteiger partial charge in [0.2, 0.25) is 0 Å². The Morgan fingerprint density at radius 1 is 1.00 bits per heavy atom. The number of hydrogen-bond donors (Lipinski definition) is 2. The third kappa shape index (κ3) is 2.24. The monoisotopic (exact) mass is 294 g/mol. The van der Waals surface area contributed by atoms with Crippen molar-refractivity contribution >= 4 is 16.7 Å². The van der Waals surface area contributed by atoms with Crippen LogP contribution in [-0.2, 0) is 0 Å². The average molecular weight is 294 g/mol. The summed E-state index contributed by atoms with van der Waals surface area (Å²) in [6.07, 6.45) is 0. The summed E-state index contributed by atoms with van der Waals surface area (Å²) in [5, 5.41) is 20.9. The molecular weight excluding hydrogens is 280 g/mol. The van der Waals surface area contributed by atoms with Crippen LogP contribution in [0.15, 0.2) is 54.6 Å². The summed E-state index contributed by atoms with van der Waals surface area (Å²) in [5.74, 6) is -0.541. The summed E-state index contributed by atoms with van der Waals surface area (Å²) >= 11 is 0. The standard InChI is InChI=1S/C18H14O4/c1-22-12-7-8-13-14(9-12)17(11-5-3-2-4-6-11)15(18(20)21)10-16(13)19/h2-10,19H,1H3,(H,20,21). The van der Waals surface area contributed by atoms with Gasteiger partial charge in [0.1, 0.15) is 11.5 Å². The van der Waals surface area contributed by atoms with E-state index in [0.717, 1.165) is 5.56 Å². The summed E-state index contributed by atoms with van der Waals surface area (Å²) in [5.41, 5.74) is 1.41. The van der Waals surface area contributed by atoms with Gasteiger partial charge in [0.15, 0.2) is 0 Å². The zero-order chi connectivity index (χ0) is 15.7. The van der Waals surface area contributed by atoms with Gasteiger partial charge in [-0.1, -0.05) is 30.3 Å². The highest BCUT2D eigenvalue weighted by atomic mass is 16.5. The van der Waals surface area contributed by atoms with Crippen molar-refractivity contribution in [2.75, 3.05) is 7.11 Å². The van der Waals surface area contributed by atoms with Crippen LogP contribution in [0.3, 0.4) is 0 Å². The molecule has 0 atom stereocenters. The Labute approximate surface area is 127 Å². The number of ether oxygens (including phenoxy) is 1. The van der Waals surface area contributed by atoms with Gasteiger partial charge >= 0.3 is 5.97 Å². The molecule has 110 valence electrons. The Balaban J connectivity index is 2.46. The maximum absolute atomic E-state index is 11.6. The van der Waals surface area contributed by atoms with E-state index in [4.69, 9.17) is 4.74 Å². The second-order valence-electron chi connectivity index (χ2n) is 4.90. The zero-order valence-corrected chi connectivity index (χ0v) is 11.9. The largest absolute Gasteiger partial charge is 0.507 e. The van der Waals surface area contributed by atoms with Crippen molar-refractivity contribution in [3.8, 4) is 22.6 Å². The fourth-order valence-electron chi connectivity index (χ4n) is 2.60. The molecule has 0 fully saturated rings. The lowest BCUT2D eigenvalue weighted by Crippen LogP contribution is -2.01. The van der Waals surface area contributed by atoms with E-state index in [1.165, 1.54) is 6.07 Å². The number of methoxy groups -OCH3 is 1. The zero-order valence-electron chi connectivity index (χ0n) is 11.9. The SMILES string of the molecule is COc1ccc2c(O)cc(C(=O)O)c(-c3ccccc3)c2c1. The van der Waals surface area contributed by atoms with Crippen molar-refractivity contribution in [1.29, 1.82) is 0 Å². The topological polar surface area (TPSA) is 66.8 Å². The fraction of sp³-hybridized carbons (Fsp3) is 0.0556. The van der Waals surface area contributed by atoms with Crippen LogP contribution in [0.5, 0.6) is 11.5 Å². The van der Waals surface area contributed by atoms with Gasteiger partial charge in [-0.15, -0.1) is 0 Å². The highest BCUT2D eigenvalue weighted by molar-refractivity contribution is 6.10. The van der Waals surface area contributed by atoms with Gasteiger partial charge in [-0.25, -0.2) is 4.79 Å². The third-order valence-electron chi connectivity index (χ3n) is 3.62. The van der Waals surface area contributed by atoms with E-state index in [2.05, 4.69) is 0 Å². The van der Waals surface area contributed by atoms with Crippen LogP contribution >= 0.6 is 0 Å². The lowest BCUT2D eigenvalue weighted by molar-refractivity contribution is 0.0697. The molecule has 3 aromatic rings. The summed E-state index contributed by atoms with van der Waals surface area (Å²) in [6, 6.07) is 15.7. The van der Waals surface area contributed by atoms with E-state index >= 15 is 0 Å². The lowest BCUT2D eigenvalue weighted by atomic mass is 9.92. The molecule has 0 saturated carbocycles. The number of carboxylic acids is 1. The molecule has 0 aliphatic carbocycles. The highest BCUT2D eigenvalue weighted by Crippen LogP contribution is 2.39. The van der Waals surface area contributed by atoms with Crippen molar-refractivity contribution < 1.29 is 19.7 Å². The first kappa shape index (κ1) is 13.9. The Hall–Kier alpha value is -3.01. The quantitative estimate of drug-likeness (QED) is 0.768. The summed E-state index contributed by atoms with van der Waals surface area (Å²) in [4.78, 5) is 11.6. The maximum Gasteiger partial charge on any atom is 0.336 e. The molecule has 4 heteroatoms. The molecule has 0 bridgehead atoms. The number of carbonyl (C=O) groups is 1. The van der Waals surface area contributed by atoms with Gasteiger partial charge in [-0.2, -0.15) is 0 Å². The minimum atomic E-state index is -1.08. The van der Waals surface area contributed by atoms with Gasteiger partial charge in [-0.3, -0.25) is 0 Å². The van der Waals surface area contributed by atoms with Gasteiger partial charge in [0, 0.05) is 10.9 Å². The average Bonchev–Trinajstić information content (AvgIpc) is 2.54. The van der Waals surface area contributed by atoms with Crippen molar-refractivity contribution in [3.05, 3.63) is 60.2 Å². The lowest BCUT2D eigenvalue weighted by Gasteiger charge is -2.13. The second-order valence-corrected chi connectivity index (χ2v) is 4.90. The van der Waals surface area contributed by atoms with Crippen molar-refractivity contribution in [2.24, 2.45) is 0 Å². The number of carboxylic acid groups (broad SMARTS) is 1. The number of aromatic carboxylic acids is 1. The number of aromatic hydroxyl groups is 1. The minimum absolute atomic E-state index is 0.0597. The van der Waals surface area contributed by atoms with E-state index in [-0.39, 0.29) is 11.3 Å². The molecule has 3 aromatic carbocycles. The predicted molar refractivity (Wildman–Crippen MR) is 84.6 cm³/mol. The van der Waals surface area contributed by atoms with Gasteiger partial charge in [0.05, 0.1) is 12.7 Å². The normalized spacial score (nSPS) is 10.6. The van der Waals surface area contributed by atoms with Crippen LogP contribution in [0.2, 0.25) is 0 Å². The Bertz CT molecular complexity index is 854. The molecule has 22 heavy (non-hydrogen) atoms. The molecule has 0 heterocycles. The van der Waals surface area contributed by atoms with Crippen molar-refractivity contribution in [2.45, 2.75) is 0 Å². The predicted octanol–water partition coefficient (Wildman–Crippen LogP) is 3.92.